The van der Waals surface area contributed by atoms with E-state index in [-0.39, 0.29) is 11.9 Å². The van der Waals surface area contributed by atoms with Crippen molar-refractivity contribution in [2.75, 3.05) is 27.4 Å². The van der Waals surface area contributed by atoms with Crippen LogP contribution in [0.1, 0.15) is 29.9 Å². The first-order valence-electron chi connectivity index (χ1n) is 7.77. The third-order valence-electron chi connectivity index (χ3n) is 3.98. The van der Waals surface area contributed by atoms with Gasteiger partial charge in [-0.25, -0.2) is 0 Å². The Hall–Kier alpha value is -2.14. The van der Waals surface area contributed by atoms with Crippen molar-refractivity contribution in [3.63, 3.8) is 0 Å². The summed E-state index contributed by atoms with van der Waals surface area (Å²) in [4.78, 5) is 19.3. The third kappa shape index (κ3) is 3.62. The van der Waals surface area contributed by atoms with Crippen LogP contribution in [0.3, 0.4) is 0 Å². The lowest BCUT2D eigenvalue weighted by molar-refractivity contribution is 0.0578. The molecule has 0 unspecified atom stereocenters. The molecule has 1 atom stereocenters. The fourth-order valence-corrected chi connectivity index (χ4v) is 2.74. The quantitative estimate of drug-likeness (QED) is 0.822. The number of nitrogens with zero attached hydrogens (tertiary/aromatic N) is 2. The smallest absolute Gasteiger partial charge is 0.256 e. The zero-order valence-corrected chi connectivity index (χ0v) is 14.4. The zero-order valence-electron chi connectivity index (χ0n) is 14.4. The Morgan fingerprint density at radius 2 is 2.04 bits per heavy atom. The second kappa shape index (κ2) is 7.42. The van der Waals surface area contributed by atoms with Gasteiger partial charge in [0.15, 0.2) is 0 Å². The Morgan fingerprint density at radius 1 is 1.30 bits per heavy atom. The van der Waals surface area contributed by atoms with E-state index in [1.54, 1.807) is 19.1 Å². The van der Waals surface area contributed by atoms with E-state index >= 15 is 0 Å². The van der Waals surface area contributed by atoms with Crippen LogP contribution in [0.4, 0.5) is 0 Å². The summed E-state index contributed by atoms with van der Waals surface area (Å²) in [6, 6.07) is 7.58. The van der Waals surface area contributed by atoms with Crippen molar-refractivity contribution < 1.29 is 14.3 Å². The summed E-state index contributed by atoms with van der Waals surface area (Å²) >= 11 is 0. The standard InChI is InChI=1S/C18H24N2O3/c1-6-20(12(2)11-22-4)18(21)16-10-14-9-15(23-5)7-8-17(14)19-13(16)3/h7-10,12H,6,11H2,1-5H3/t12-/m1/s1. The van der Waals surface area contributed by atoms with Gasteiger partial charge in [0.25, 0.3) is 5.91 Å². The van der Waals surface area contributed by atoms with E-state index in [4.69, 9.17) is 9.47 Å². The molecule has 0 bridgehead atoms. The number of carbonyl (C=O) groups is 1. The lowest BCUT2D eigenvalue weighted by Gasteiger charge is -2.28. The number of amides is 1. The molecule has 0 aliphatic heterocycles. The Balaban J connectivity index is 2.44. The van der Waals surface area contributed by atoms with Gasteiger partial charge >= 0.3 is 0 Å². The number of rotatable bonds is 6. The van der Waals surface area contributed by atoms with Gasteiger partial charge in [-0.05, 0) is 45.0 Å². The SMILES string of the molecule is CCN(C(=O)c1cc2cc(OC)ccc2nc1C)[C@H](C)COC. The summed E-state index contributed by atoms with van der Waals surface area (Å²) in [6.45, 7) is 6.95. The highest BCUT2D eigenvalue weighted by atomic mass is 16.5. The maximum absolute atomic E-state index is 12.9. The predicted octanol–water partition coefficient (Wildman–Crippen LogP) is 3.05. The minimum absolute atomic E-state index is 0.0120. The number of hydrogen-bond acceptors (Lipinski definition) is 4. The summed E-state index contributed by atoms with van der Waals surface area (Å²) < 4.78 is 10.4. The number of pyridine rings is 1. The highest BCUT2D eigenvalue weighted by molar-refractivity contribution is 5.99. The van der Waals surface area contributed by atoms with E-state index in [2.05, 4.69) is 4.98 Å². The van der Waals surface area contributed by atoms with E-state index in [1.165, 1.54) is 0 Å². The number of ether oxygens (including phenoxy) is 2. The average Bonchev–Trinajstić information content (AvgIpc) is 2.54. The van der Waals surface area contributed by atoms with E-state index in [0.29, 0.717) is 18.7 Å². The number of aryl methyl sites for hydroxylation is 1. The number of likely N-dealkylation sites (N-methyl/N-ethyl adjacent to an activating group) is 1. The molecule has 2 aromatic rings. The second-order valence-electron chi connectivity index (χ2n) is 5.58. The number of aromatic nitrogens is 1. The molecule has 23 heavy (non-hydrogen) atoms. The fourth-order valence-electron chi connectivity index (χ4n) is 2.74. The van der Waals surface area contributed by atoms with E-state index in [9.17, 15) is 4.79 Å². The molecule has 124 valence electrons. The van der Waals surface area contributed by atoms with Crippen LogP contribution in [0, 0.1) is 6.92 Å². The molecule has 5 nitrogen and oxygen atoms in total. The molecule has 0 N–H and O–H groups in total. The van der Waals surface area contributed by atoms with Gasteiger partial charge in [-0.1, -0.05) is 0 Å². The lowest BCUT2D eigenvalue weighted by Crippen LogP contribution is -2.41. The Labute approximate surface area is 137 Å². The van der Waals surface area contributed by atoms with Crippen LogP contribution in [0.5, 0.6) is 5.75 Å². The summed E-state index contributed by atoms with van der Waals surface area (Å²) in [6.07, 6.45) is 0. The third-order valence-corrected chi connectivity index (χ3v) is 3.98. The van der Waals surface area contributed by atoms with E-state index in [0.717, 1.165) is 22.3 Å². The first-order chi connectivity index (χ1) is 11.0. The molecular formula is C18H24N2O3. The number of hydrogen-bond donors (Lipinski definition) is 0. The first-order valence-corrected chi connectivity index (χ1v) is 7.77. The Morgan fingerprint density at radius 3 is 2.65 bits per heavy atom. The molecule has 2 rings (SSSR count). The normalized spacial score (nSPS) is 12.2. The maximum Gasteiger partial charge on any atom is 0.256 e. The number of benzene rings is 1. The van der Waals surface area contributed by atoms with Crippen molar-refractivity contribution in [2.24, 2.45) is 0 Å². The molecule has 0 saturated carbocycles. The van der Waals surface area contributed by atoms with Gasteiger partial charge in [0.1, 0.15) is 5.75 Å². The van der Waals surface area contributed by atoms with Gasteiger partial charge in [0, 0.05) is 19.0 Å². The van der Waals surface area contributed by atoms with Crippen molar-refractivity contribution in [3.8, 4) is 5.75 Å². The van der Waals surface area contributed by atoms with Crippen LogP contribution in [-0.2, 0) is 4.74 Å². The molecule has 0 radical (unpaired) electrons. The van der Waals surface area contributed by atoms with Crippen molar-refractivity contribution in [2.45, 2.75) is 26.8 Å². The monoisotopic (exact) mass is 316 g/mol. The van der Waals surface area contributed by atoms with Crippen LogP contribution in [0.15, 0.2) is 24.3 Å². The van der Waals surface area contributed by atoms with Crippen LogP contribution in [0.25, 0.3) is 10.9 Å². The summed E-state index contributed by atoms with van der Waals surface area (Å²) in [7, 11) is 3.27. The average molecular weight is 316 g/mol. The van der Waals surface area contributed by atoms with Crippen molar-refractivity contribution in [3.05, 3.63) is 35.5 Å². The van der Waals surface area contributed by atoms with Crippen LogP contribution in [0.2, 0.25) is 0 Å². The van der Waals surface area contributed by atoms with Gasteiger partial charge < -0.3 is 14.4 Å². The lowest BCUT2D eigenvalue weighted by atomic mass is 10.1. The number of methoxy groups -OCH3 is 2. The summed E-state index contributed by atoms with van der Waals surface area (Å²) in [5.74, 6) is 0.730. The molecule has 0 aliphatic carbocycles. The van der Waals surface area contributed by atoms with Crippen molar-refractivity contribution in [1.29, 1.82) is 0 Å². The summed E-state index contributed by atoms with van der Waals surface area (Å²) in [5.41, 5.74) is 2.21. The van der Waals surface area contributed by atoms with Crippen molar-refractivity contribution in [1.82, 2.24) is 9.88 Å². The van der Waals surface area contributed by atoms with Crippen LogP contribution >= 0.6 is 0 Å². The minimum atomic E-state index is -0.0215. The molecule has 0 saturated heterocycles. The van der Waals surface area contributed by atoms with Gasteiger partial charge in [0.2, 0.25) is 0 Å². The summed E-state index contributed by atoms with van der Waals surface area (Å²) in [5, 5.41) is 0.897. The molecule has 0 fully saturated rings. The van der Waals surface area contributed by atoms with Crippen LogP contribution < -0.4 is 4.74 Å². The predicted molar refractivity (Wildman–Crippen MR) is 91.1 cm³/mol. The molecule has 1 aromatic heterocycles. The molecule has 1 aromatic carbocycles. The fraction of sp³-hybridized carbons (Fsp3) is 0.444. The Bertz CT molecular complexity index is 700. The molecule has 5 heteroatoms. The largest absolute Gasteiger partial charge is 0.497 e. The molecule has 1 amide bonds. The van der Waals surface area contributed by atoms with Crippen molar-refractivity contribution >= 4 is 16.8 Å². The van der Waals surface area contributed by atoms with E-state index < -0.39 is 0 Å². The number of fused-ring (bicyclic) bond motifs is 1. The van der Waals surface area contributed by atoms with E-state index in [1.807, 2.05) is 45.0 Å². The maximum atomic E-state index is 12.9. The number of carbonyl (C=O) groups excluding carboxylic acids is 1. The topological polar surface area (TPSA) is 51.7 Å². The highest BCUT2D eigenvalue weighted by Gasteiger charge is 2.22. The minimum Gasteiger partial charge on any atom is -0.497 e. The first kappa shape index (κ1) is 17.2. The Kier molecular flexibility index (Phi) is 5.55. The van der Waals surface area contributed by atoms with Gasteiger partial charge in [-0.3, -0.25) is 9.78 Å². The van der Waals surface area contributed by atoms with Gasteiger partial charge in [-0.15, -0.1) is 0 Å². The molecular weight excluding hydrogens is 292 g/mol. The van der Waals surface area contributed by atoms with Crippen LogP contribution in [-0.4, -0.2) is 49.2 Å². The van der Waals surface area contributed by atoms with Gasteiger partial charge in [-0.2, -0.15) is 0 Å². The molecule has 0 spiro atoms. The molecule has 1 heterocycles. The highest BCUT2D eigenvalue weighted by Crippen LogP contribution is 2.23. The van der Waals surface area contributed by atoms with Gasteiger partial charge in [0.05, 0.1) is 36.5 Å². The zero-order chi connectivity index (χ0) is 17.0. The molecule has 0 aliphatic rings. The second-order valence-corrected chi connectivity index (χ2v) is 5.58.